The molecule has 1 aliphatic heterocycles. The van der Waals surface area contributed by atoms with Crippen molar-refractivity contribution < 1.29 is 4.79 Å². The van der Waals surface area contributed by atoms with E-state index >= 15 is 0 Å². The molecule has 0 saturated carbocycles. The van der Waals surface area contributed by atoms with Gasteiger partial charge in [-0.1, -0.05) is 11.6 Å². The van der Waals surface area contributed by atoms with Crippen LogP contribution in [0.25, 0.3) is 0 Å². The van der Waals surface area contributed by atoms with Gasteiger partial charge in [-0.05, 0) is 56.9 Å². The van der Waals surface area contributed by atoms with E-state index in [0.717, 1.165) is 19.4 Å². The number of hydrogen-bond acceptors (Lipinski definition) is 3. The van der Waals surface area contributed by atoms with E-state index in [0.29, 0.717) is 28.6 Å². The highest BCUT2D eigenvalue weighted by molar-refractivity contribution is 6.30. The maximum absolute atomic E-state index is 12.3. The van der Waals surface area contributed by atoms with Crippen molar-refractivity contribution in [2.45, 2.75) is 38.8 Å². The average molecular weight is 310 g/mol. The summed E-state index contributed by atoms with van der Waals surface area (Å²) >= 11 is 5.84. The lowest BCUT2D eigenvalue weighted by molar-refractivity contribution is 0.0790. The number of amides is 1. The molecule has 4 nitrogen and oxygen atoms in total. The van der Waals surface area contributed by atoms with Gasteiger partial charge in [-0.3, -0.25) is 15.6 Å². The van der Waals surface area contributed by atoms with Crippen molar-refractivity contribution in [1.82, 2.24) is 15.8 Å². The van der Waals surface area contributed by atoms with Crippen molar-refractivity contribution in [2.24, 2.45) is 5.92 Å². The van der Waals surface area contributed by atoms with Crippen molar-refractivity contribution in [3.8, 4) is 0 Å². The smallest absolute Gasteiger partial charge is 0.253 e. The topological polar surface area (TPSA) is 44.4 Å². The summed E-state index contributed by atoms with van der Waals surface area (Å²) in [5, 5.41) is 0.651. The van der Waals surface area contributed by atoms with Crippen LogP contribution in [0.2, 0.25) is 5.02 Å². The number of nitrogens with zero attached hydrogens (tertiary/aromatic N) is 1. The fourth-order valence-electron chi connectivity index (χ4n) is 2.89. The predicted octanol–water partition coefficient (Wildman–Crippen LogP) is 2.69. The van der Waals surface area contributed by atoms with Gasteiger partial charge in [0.1, 0.15) is 0 Å². The van der Waals surface area contributed by atoms with Gasteiger partial charge in [-0.25, -0.2) is 0 Å². The normalized spacial score (nSPS) is 25.0. The van der Waals surface area contributed by atoms with Crippen LogP contribution in [0, 0.1) is 5.92 Å². The first-order valence-electron chi connectivity index (χ1n) is 7.51. The summed E-state index contributed by atoms with van der Waals surface area (Å²) in [6.45, 7) is 5.17. The number of carbonyl (C=O) groups excluding carboxylic acids is 1. The molecule has 1 aromatic carbocycles. The van der Waals surface area contributed by atoms with Crippen LogP contribution in [-0.4, -0.2) is 36.5 Å². The molecule has 1 aromatic rings. The Balaban J connectivity index is 1.80. The molecule has 1 amide bonds. The molecule has 2 N–H and O–H groups in total. The van der Waals surface area contributed by atoms with Crippen LogP contribution in [0.15, 0.2) is 24.3 Å². The van der Waals surface area contributed by atoms with E-state index in [4.69, 9.17) is 11.6 Å². The van der Waals surface area contributed by atoms with Crippen LogP contribution in [-0.2, 0) is 0 Å². The zero-order valence-electron chi connectivity index (χ0n) is 12.9. The Labute approximate surface area is 131 Å². The molecule has 2 rings (SSSR count). The van der Waals surface area contributed by atoms with Gasteiger partial charge in [0.15, 0.2) is 0 Å². The third-order valence-corrected chi connectivity index (χ3v) is 4.54. The number of halogens is 1. The maximum atomic E-state index is 12.3. The highest BCUT2D eigenvalue weighted by Gasteiger charge is 2.29. The van der Waals surface area contributed by atoms with Crippen LogP contribution in [0.5, 0.6) is 0 Å². The van der Waals surface area contributed by atoms with E-state index in [2.05, 4.69) is 24.7 Å². The lowest BCUT2D eigenvalue weighted by Crippen LogP contribution is -2.30. The number of hydrogen-bond donors (Lipinski definition) is 2. The van der Waals surface area contributed by atoms with Crippen LogP contribution in [0.1, 0.15) is 37.0 Å². The molecule has 0 aromatic heterocycles. The van der Waals surface area contributed by atoms with Gasteiger partial charge in [0.2, 0.25) is 0 Å². The zero-order valence-corrected chi connectivity index (χ0v) is 13.7. The first kappa shape index (κ1) is 16.3. The van der Waals surface area contributed by atoms with E-state index in [-0.39, 0.29) is 5.91 Å². The molecular formula is C16H24ClN3O. The molecule has 5 heteroatoms. The van der Waals surface area contributed by atoms with E-state index in [1.165, 1.54) is 0 Å². The summed E-state index contributed by atoms with van der Waals surface area (Å²) in [5.41, 5.74) is 7.22. The summed E-state index contributed by atoms with van der Waals surface area (Å²) < 4.78 is 0. The second kappa shape index (κ2) is 7.25. The molecule has 1 saturated heterocycles. The Bertz CT molecular complexity index is 467. The Morgan fingerprint density at radius 2 is 1.76 bits per heavy atom. The van der Waals surface area contributed by atoms with Crippen molar-refractivity contribution in [3.05, 3.63) is 34.9 Å². The van der Waals surface area contributed by atoms with Crippen molar-refractivity contribution >= 4 is 17.5 Å². The van der Waals surface area contributed by atoms with Crippen molar-refractivity contribution in [3.63, 3.8) is 0 Å². The lowest BCUT2D eigenvalue weighted by Gasteiger charge is -2.21. The van der Waals surface area contributed by atoms with Crippen molar-refractivity contribution in [2.75, 3.05) is 13.6 Å². The summed E-state index contributed by atoms with van der Waals surface area (Å²) in [5.74, 6) is 0.666. The summed E-state index contributed by atoms with van der Waals surface area (Å²) in [6.07, 6.45) is 2.12. The quantitative estimate of drug-likeness (QED) is 0.879. The van der Waals surface area contributed by atoms with E-state index in [1.807, 2.05) is 7.05 Å². The van der Waals surface area contributed by atoms with Crippen LogP contribution < -0.4 is 10.9 Å². The van der Waals surface area contributed by atoms with Gasteiger partial charge in [0.25, 0.3) is 5.91 Å². The molecule has 1 aliphatic rings. The van der Waals surface area contributed by atoms with Crippen LogP contribution in [0.3, 0.4) is 0 Å². The van der Waals surface area contributed by atoms with Gasteiger partial charge in [0, 0.05) is 36.3 Å². The minimum atomic E-state index is 0.0513. The molecule has 2 unspecified atom stereocenters. The SMILES string of the molecule is CC1NNC(C)C1CCCN(C)C(=O)c1ccc(Cl)cc1. The largest absolute Gasteiger partial charge is 0.342 e. The van der Waals surface area contributed by atoms with Gasteiger partial charge < -0.3 is 4.90 Å². The molecule has 0 radical (unpaired) electrons. The summed E-state index contributed by atoms with van der Waals surface area (Å²) in [7, 11) is 1.86. The first-order valence-corrected chi connectivity index (χ1v) is 7.89. The standard InChI is InChI=1S/C16H24ClN3O/c1-11-15(12(2)19-18-11)5-4-10-20(3)16(21)13-6-8-14(17)9-7-13/h6-9,11-12,15,18-19H,4-5,10H2,1-3H3. The molecule has 1 heterocycles. The third-order valence-electron chi connectivity index (χ3n) is 4.29. The molecule has 21 heavy (non-hydrogen) atoms. The lowest BCUT2D eigenvalue weighted by atomic mass is 9.91. The summed E-state index contributed by atoms with van der Waals surface area (Å²) in [4.78, 5) is 14.1. The molecule has 2 atom stereocenters. The Morgan fingerprint density at radius 1 is 1.19 bits per heavy atom. The van der Waals surface area contributed by atoms with E-state index < -0.39 is 0 Å². The van der Waals surface area contributed by atoms with Gasteiger partial charge in [-0.2, -0.15) is 0 Å². The van der Waals surface area contributed by atoms with Gasteiger partial charge >= 0.3 is 0 Å². The maximum Gasteiger partial charge on any atom is 0.253 e. The van der Waals surface area contributed by atoms with Crippen LogP contribution in [0.4, 0.5) is 0 Å². The van der Waals surface area contributed by atoms with E-state index in [1.54, 1.807) is 29.2 Å². The van der Waals surface area contributed by atoms with E-state index in [9.17, 15) is 4.79 Å². The molecule has 0 aliphatic carbocycles. The molecule has 0 bridgehead atoms. The van der Waals surface area contributed by atoms with Crippen LogP contribution >= 0.6 is 11.6 Å². The molecular weight excluding hydrogens is 286 g/mol. The number of nitrogens with one attached hydrogen (secondary N) is 2. The fraction of sp³-hybridized carbons (Fsp3) is 0.562. The van der Waals surface area contributed by atoms with Crippen molar-refractivity contribution in [1.29, 1.82) is 0 Å². The highest BCUT2D eigenvalue weighted by Crippen LogP contribution is 2.20. The third kappa shape index (κ3) is 4.19. The number of carbonyl (C=O) groups is 1. The molecule has 1 fully saturated rings. The molecule has 0 spiro atoms. The fourth-order valence-corrected chi connectivity index (χ4v) is 3.01. The minimum Gasteiger partial charge on any atom is -0.342 e. The Kier molecular flexibility index (Phi) is 5.62. The average Bonchev–Trinajstić information content (AvgIpc) is 2.79. The number of rotatable bonds is 5. The Hall–Kier alpha value is -1.10. The highest BCUT2D eigenvalue weighted by atomic mass is 35.5. The number of benzene rings is 1. The minimum absolute atomic E-state index is 0.0513. The monoisotopic (exact) mass is 309 g/mol. The van der Waals surface area contributed by atoms with Gasteiger partial charge in [-0.15, -0.1) is 0 Å². The second-order valence-electron chi connectivity index (χ2n) is 5.91. The molecule has 116 valence electrons. The summed E-state index contributed by atoms with van der Waals surface area (Å²) in [6, 6.07) is 8.02. The predicted molar refractivity (Wildman–Crippen MR) is 86.3 cm³/mol. The second-order valence-corrected chi connectivity index (χ2v) is 6.34. The zero-order chi connectivity index (χ0) is 15.4. The Morgan fingerprint density at radius 3 is 2.33 bits per heavy atom. The number of hydrazine groups is 1. The van der Waals surface area contributed by atoms with Gasteiger partial charge in [0.05, 0.1) is 0 Å². The first-order chi connectivity index (χ1) is 9.99.